The van der Waals surface area contributed by atoms with Gasteiger partial charge in [0.05, 0.1) is 6.54 Å². The van der Waals surface area contributed by atoms with E-state index in [-0.39, 0.29) is 41.2 Å². The Kier molecular flexibility index (Phi) is 11.3. The highest BCUT2D eigenvalue weighted by Crippen LogP contribution is 2.20. The Morgan fingerprint density at radius 2 is 1.69 bits per heavy atom. The summed E-state index contributed by atoms with van der Waals surface area (Å²) < 4.78 is 0. The molecule has 0 unspecified atom stereocenters. The fraction of sp³-hybridized carbons (Fsp3) is 0.619. The molecule has 0 spiro atoms. The standard InChI is InChI=1S/C21H35N5O2.HI/c1-4-22-20(25-16-21(2,3)26-14-6-5-7-15-26)24-13-12-23-19(28)17-8-10-18(27)11-9-17;/h8-11,27H,4-7,12-16H2,1-3H3,(H,23,28)(H2,22,24,25);1H. The summed E-state index contributed by atoms with van der Waals surface area (Å²) in [6.07, 6.45) is 3.87. The molecule has 1 amide bonds. The molecule has 29 heavy (non-hydrogen) atoms. The second-order valence-electron chi connectivity index (χ2n) is 7.78. The Bertz CT molecular complexity index is 643. The van der Waals surface area contributed by atoms with Crippen molar-refractivity contribution in [3.05, 3.63) is 29.8 Å². The smallest absolute Gasteiger partial charge is 0.251 e. The van der Waals surface area contributed by atoms with Crippen molar-refractivity contribution < 1.29 is 9.90 Å². The number of aromatic hydroxyl groups is 1. The monoisotopic (exact) mass is 517 g/mol. The van der Waals surface area contributed by atoms with Gasteiger partial charge in [0.1, 0.15) is 5.75 Å². The van der Waals surface area contributed by atoms with Crippen molar-refractivity contribution >= 4 is 35.8 Å². The molecule has 7 nitrogen and oxygen atoms in total. The number of rotatable bonds is 8. The third-order valence-electron chi connectivity index (χ3n) is 5.01. The number of aliphatic imine (C=N–C) groups is 1. The molecule has 0 bridgehead atoms. The van der Waals surface area contributed by atoms with Gasteiger partial charge in [-0.25, -0.2) is 0 Å². The quantitative estimate of drug-likeness (QED) is 0.184. The number of likely N-dealkylation sites (tertiary alicyclic amines) is 1. The molecule has 1 aliphatic heterocycles. The molecule has 1 fully saturated rings. The summed E-state index contributed by atoms with van der Waals surface area (Å²) in [5.41, 5.74) is 0.567. The van der Waals surface area contributed by atoms with Crippen molar-refractivity contribution in [1.29, 1.82) is 0 Å². The van der Waals surface area contributed by atoms with Crippen LogP contribution in [0, 0.1) is 0 Å². The van der Waals surface area contributed by atoms with Crippen LogP contribution >= 0.6 is 24.0 Å². The van der Waals surface area contributed by atoms with Crippen LogP contribution in [0.5, 0.6) is 5.75 Å². The van der Waals surface area contributed by atoms with E-state index in [0.29, 0.717) is 18.7 Å². The summed E-state index contributed by atoms with van der Waals surface area (Å²) in [6.45, 7) is 11.4. The van der Waals surface area contributed by atoms with E-state index in [0.717, 1.165) is 32.1 Å². The lowest BCUT2D eigenvalue weighted by atomic mass is 9.99. The average molecular weight is 517 g/mol. The van der Waals surface area contributed by atoms with E-state index in [1.807, 2.05) is 6.92 Å². The Balaban J connectivity index is 0.00000420. The number of nitrogens with zero attached hydrogens (tertiary/aromatic N) is 2. The van der Waals surface area contributed by atoms with Crippen molar-refractivity contribution in [3.8, 4) is 5.75 Å². The van der Waals surface area contributed by atoms with Crippen molar-refractivity contribution in [2.24, 2.45) is 4.99 Å². The molecule has 1 aromatic rings. The first-order valence-corrected chi connectivity index (χ1v) is 10.3. The lowest BCUT2D eigenvalue weighted by molar-refractivity contribution is 0.0954. The van der Waals surface area contributed by atoms with E-state index < -0.39 is 0 Å². The number of guanidine groups is 1. The normalized spacial score (nSPS) is 15.3. The van der Waals surface area contributed by atoms with E-state index in [1.165, 1.54) is 31.4 Å². The third-order valence-corrected chi connectivity index (χ3v) is 5.01. The maximum absolute atomic E-state index is 12.1. The van der Waals surface area contributed by atoms with Crippen LogP contribution in [0.3, 0.4) is 0 Å². The number of piperidine rings is 1. The van der Waals surface area contributed by atoms with Crippen LogP contribution in [0.4, 0.5) is 0 Å². The van der Waals surface area contributed by atoms with Gasteiger partial charge in [0.25, 0.3) is 5.91 Å². The molecule has 8 heteroatoms. The van der Waals surface area contributed by atoms with Gasteiger partial charge in [0.2, 0.25) is 0 Å². The summed E-state index contributed by atoms with van der Waals surface area (Å²) in [5.74, 6) is 0.763. The molecule has 0 aliphatic carbocycles. The van der Waals surface area contributed by atoms with Gasteiger partial charge in [-0.3, -0.25) is 14.7 Å². The van der Waals surface area contributed by atoms with Crippen LogP contribution in [0.1, 0.15) is 50.4 Å². The molecule has 2 rings (SSSR count). The number of halogens is 1. The summed E-state index contributed by atoms with van der Waals surface area (Å²) in [4.78, 5) is 19.4. The van der Waals surface area contributed by atoms with Crippen LogP contribution in [-0.4, -0.2) is 66.7 Å². The predicted octanol–water partition coefficient (Wildman–Crippen LogP) is 2.56. The van der Waals surface area contributed by atoms with Crippen LogP contribution in [0.25, 0.3) is 0 Å². The lowest BCUT2D eigenvalue weighted by Gasteiger charge is -2.40. The van der Waals surface area contributed by atoms with Gasteiger partial charge in [0.15, 0.2) is 5.96 Å². The first kappa shape index (κ1) is 25.5. The van der Waals surface area contributed by atoms with Gasteiger partial charge >= 0.3 is 0 Å². The second-order valence-corrected chi connectivity index (χ2v) is 7.78. The summed E-state index contributed by atoms with van der Waals surface area (Å²) >= 11 is 0. The number of hydrogen-bond acceptors (Lipinski definition) is 4. The van der Waals surface area contributed by atoms with Gasteiger partial charge in [0, 0.05) is 30.7 Å². The van der Waals surface area contributed by atoms with Gasteiger partial charge in [-0.2, -0.15) is 0 Å². The highest BCUT2D eigenvalue weighted by Gasteiger charge is 2.27. The van der Waals surface area contributed by atoms with E-state index >= 15 is 0 Å². The maximum atomic E-state index is 12.1. The van der Waals surface area contributed by atoms with Crippen LogP contribution < -0.4 is 16.0 Å². The number of amides is 1. The number of carbonyl (C=O) groups is 1. The van der Waals surface area contributed by atoms with Crippen LogP contribution in [-0.2, 0) is 0 Å². The number of nitrogens with one attached hydrogen (secondary N) is 3. The Hall–Kier alpha value is -1.55. The molecular formula is C21H36IN5O2. The van der Waals surface area contributed by atoms with Crippen LogP contribution in [0.2, 0.25) is 0 Å². The predicted molar refractivity (Wildman–Crippen MR) is 129 cm³/mol. The molecule has 0 atom stereocenters. The van der Waals surface area contributed by atoms with Crippen LogP contribution in [0.15, 0.2) is 29.3 Å². The number of phenols is 1. The summed E-state index contributed by atoms with van der Waals surface area (Å²) in [6, 6.07) is 6.22. The highest BCUT2D eigenvalue weighted by molar-refractivity contribution is 14.0. The molecule has 0 aromatic heterocycles. The minimum Gasteiger partial charge on any atom is -0.508 e. The average Bonchev–Trinajstić information content (AvgIpc) is 2.70. The first-order valence-electron chi connectivity index (χ1n) is 10.3. The topological polar surface area (TPSA) is 89.0 Å². The summed E-state index contributed by atoms with van der Waals surface area (Å²) in [5, 5.41) is 18.7. The number of hydrogen-bond donors (Lipinski definition) is 4. The van der Waals surface area contributed by atoms with Crippen molar-refractivity contribution in [1.82, 2.24) is 20.9 Å². The molecule has 1 heterocycles. The van der Waals surface area contributed by atoms with Gasteiger partial charge < -0.3 is 21.1 Å². The SMILES string of the molecule is CCNC(=NCC(C)(C)N1CCCCC1)NCCNC(=O)c1ccc(O)cc1.I. The van der Waals surface area contributed by atoms with Gasteiger partial charge in [-0.15, -0.1) is 24.0 Å². The Morgan fingerprint density at radius 1 is 1.07 bits per heavy atom. The molecule has 0 saturated carbocycles. The number of carbonyl (C=O) groups excluding carboxylic acids is 1. The second kappa shape index (κ2) is 12.9. The first-order chi connectivity index (χ1) is 13.4. The molecule has 4 N–H and O–H groups in total. The molecule has 1 saturated heterocycles. The van der Waals surface area contributed by atoms with E-state index in [9.17, 15) is 9.90 Å². The Morgan fingerprint density at radius 3 is 2.31 bits per heavy atom. The zero-order valence-electron chi connectivity index (χ0n) is 17.8. The van der Waals surface area contributed by atoms with Crippen molar-refractivity contribution in [2.75, 3.05) is 39.3 Å². The third kappa shape index (κ3) is 8.77. The lowest BCUT2D eigenvalue weighted by Crippen LogP contribution is -2.50. The minimum atomic E-state index is -0.157. The molecule has 0 radical (unpaired) electrons. The van der Waals surface area contributed by atoms with Gasteiger partial charge in [-0.05, 0) is 71.0 Å². The fourth-order valence-electron chi connectivity index (χ4n) is 3.29. The number of benzene rings is 1. The molecule has 1 aliphatic rings. The van der Waals surface area contributed by atoms with E-state index in [2.05, 4.69) is 34.7 Å². The largest absolute Gasteiger partial charge is 0.508 e. The molecule has 1 aromatic carbocycles. The minimum absolute atomic E-state index is 0. The number of phenolic OH excluding ortho intramolecular Hbond substituents is 1. The zero-order chi connectivity index (χ0) is 20.4. The van der Waals surface area contributed by atoms with Crippen molar-refractivity contribution in [3.63, 3.8) is 0 Å². The van der Waals surface area contributed by atoms with Crippen molar-refractivity contribution in [2.45, 2.75) is 45.6 Å². The van der Waals surface area contributed by atoms with E-state index in [4.69, 9.17) is 4.99 Å². The summed E-state index contributed by atoms with van der Waals surface area (Å²) in [7, 11) is 0. The van der Waals surface area contributed by atoms with E-state index in [1.54, 1.807) is 12.1 Å². The fourth-order valence-corrected chi connectivity index (χ4v) is 3.29. The molecular weight excluding hydrogens is 481 g/mol. The zero-order valence-corrected chi connectivity index (χ0v) is 20.2. The highest BCUT2D eigenvalue weighted by atomic mass is 127. The van der Waals surface area contributed by atoms with Gasteiger partial charge in [-0.1, -0.05) is 6.42 Å². The molecule has 164 valence electrons. The Labute approximate surface area is 191 Å². The maximum Gasteiger partial charge on any atom is 0.251 e.